The van der Waals surface area contributed by atoms with Crippen molar-refractivity contribution in [1.82, 2.24) is 0 Å². The predicted molar refractivity (Wildman–Crippen MR) is 43.9 cm³/mol. The summed E-state index contributed by atoms with van der Waals surface area (Å²) in [6.07, 6.45) is 2.91. The Bertz CT molecular complexity index is 86.9. The molecule has 2 heteroatoms. The molecule has 1 nitrogen and oxygen atoms in total. The SMILES string of the molecule is CCC(CC)CC(O)=S. The average molecular weight is 146 g/mol. The molecule has 0 amide bonds. The maximum absolute atomic E-state index is 8.72. The van der Waals surface area contributed by atoms with Crippen LogP contribution in [0.15, 0.2) is 0 Å². The number of rotatable bonds is 4. The molecule has 0 heterocycles. The van der Waals surface area contributed by atoms with Gasteiger partial charge in [-0.15, -0.1) is 0 Å². The molecule has 54 valence electrons. The molecule has 0 bridgehead atoms. The van der Waals surface area contributed by atoms with E-state index in [9.17, 15) is 0 Å². The number of thiocarbonyl (C=S) groups is 1. The lowest BCUT2D eigenvalue weighted by atomic mass is 10.0. The van der Waals surface area contributed by atoms with Gasteiger partial charge in [-0.05, 0) is 18.1 Å². The van der Waals surface area contributed by atoms with Crippen LogP contribution in [0, 0.1) is 5.92 Å². The molecule has 0 aromatic rings. The van der Waals surface area contributed by atoms with E-state index in [1.54, 1.807) is 0 Å². The van der Waals surface area contributed by atoms with Crippen molar-refractivity contribution < 1.29 is 5.11 Å². The fraction of sp³-hybridized carbons (Fsp3) is 0.857. The molecular formula is C7H14OS. The number of aliphatic hydroxyl groups excluding tert-OH is 1. The van der Waals surface area contributed by atoms with Crippen LogP contribution >= 0.6 is 12.2 Å². The van der Waals surface area contributed by atoms with Crippen LogP contribution in [0.2, 0.25) is 0 Å². The molecule has 1 N–H and O–H groups in total. The zero-order valence-corrected chi connectivity index (χ0v) is 6.87. The minimum Gasteiger partial charge on any atom is -0.502 e. The van der Waals surface area contributed by atoms with E-state index >= 15 is 0 Å². The Hall–Kier alpha value is -0.110. The molecule has 0 aliphatic rings. The quantitative estimate of drug-likeness (QED) is 0.615. The first-order chi connectivity index (χ1) is 4.20. The summed E-state index contributed by atoms with van der Waals surface area (Å²) < 4.78 is 0. The summed E-state index contributed by atoms with van der Waals surface area (Å²) in [5, 5.41) is 8.87. The molecule has 0 aliphatic heterocycles. The van der Waals surface area contributed by atoms with Gasteiger partial charge in [-0.2, -0.15) is 0 Å². The van der Waals surface area contributed by atoms with Gasteiger partial charge in [0.2, 0.25) is 0 Å². The fourth-order valence-corrected chi connectivity index (χ4v) is 1.06. The second kappa shape index (κ2) is 4.74. The topological polar surface area (TPSA) is 20.2 Å². The summed E-state index contributed by atoms with van der Waals surface area (Å²) in [5.41, 5.74) is 0. The first kappa shape index (κ1) is 8.89. The summed E-state index contributed by atoms with van der Waals surface area (Å²) in [4.78, 5) is 0. The zero-order chi connectivity index (χ0) is 7.28. The standard InChI is InChI=1S/C7H14OS/c1-3-6(4-2)5-7(8)9/h6H,3-5H2,1-2H3,(H,8,9). The van der Waals surface area contributed by atoms with E-state index in [-0.39, 0.29) is 5.05 Å². The van der Waals surface area contributed by atoms with Crippen LogP contribution in [0.25, 0.3) is 0 Å². The van der Waals surface area contributed by atoms with Gasteiger partial charge in [0, 0.05) is 6.42 Å². The Morgan fingerprint density at radius 3 is 2.00 bits per heavy atom. The maximum Gasteiger partial charge on any atom is 0.156 e. The molecule has 0 rings (SSSR count). The highest BCUT2D eigenvalue weighted by atomic mass is 32.1. The van der Waals surface area contributed by atoms with E-state index in [0.717, 1.165) is 12.8 Å². The minimum atomic E-state index is 0.156. The van der Waals surface area contributed by atoms with Gasteiger partial charge in [-0.3, -0.25) is 0 Å². The van der Waals surface area contributed by atoms with Crippen molar-refractivity contribution in [3.8, 4) is 0 Å². The average Bonchev–Trinajstić information content (AvgIpc) is 1.82. The molecule has 9 heavy (non-hydrogen) atoms. The number of hydrogen-bond acceptors (Lipinski definition) is 1. The molecule has 0 fully saturated rings. The van der Waals surface area contributed by atoms with Crippen LogP contribution in [0.3, 0.4) is 0 Å². The van der Waals surface area contributed by atoms with E-state index in [4.69, 9.17) is 5.11 Å². The normalized spacial score (nSPS) is 10.1. The molecule has 0 saturated carbocycles. The van der Waals surface area contributed by atoms with Gasteiger partial charge >= 0.3 is 0 Å². The largest absolute Gasteiger partial charge is 0.502 e. The van der Waals surface area contributed by atoms with Crippen molar-refractivity contribution in [3.05, 3.63) is 0 Å². The summed E-state index contributed by atoms with van der Waals surface area (Å²) in [5.74, 6) is 0.586. The first-order valence-corrected chi connectivity index (χ1v) is 3.83. The molecule has 0 radical (unpaired) electrons. The zero-order valence-electron chi connectivity index (χ0n) is 6.05. The van der Waals surface area contributed by atoms with Crippen LogP contribution in [-0.4, -0.2) is 10.2 Å². The highest BCUT2D eigenvalue weighted by Gasteiger charge is 2.04. The van der Waals surface area contributed by atoms with E-state index in [0.29, 0.717) is 12.3 Å². The Morgan fingerprint density at radius 2 is 1.89 bits per heavy atom. The summed E-state index contributed by atoms with van der Waals surface area (Å²) in [7, 11) is 0. The Morgan fingerprint density at radius 1 is 1.44 bits per heavy atom. The van der Waals surface area contributed by atoms with Crippen LogP contribution < -0.4 is 0 Å². The van der Waals surface area contributed by atoms with Gasteiger partial charge in [0.05, 0.1) is 0 Å². The summed E-state index contributed by atoms with van der Waals surface area (Å²) >= 11 is 4.56. The highest BCUT2D eigenvalue weighted by Crippen LogP contribution is 2.11. The third-order valence-electron chi connectivity index (χ3n) is 1.62. The van der Waals surface area contributed by atoms with Gasteiger partial charge in [-0.25, -0.2) is 0 Å². The Balaban J connectivity index is 3.43. The van der Waals surface area contributed by atoms with Crippen molar-refractivity contribution in [2.24, 2.45) is 5.92 Å². The van der Waals surface area contributed by atoms with Crippen molar-refractivity contribution in [2.45, 2.75) is 33.1 Å². The van der Waals surface area contributed by atoms with E-state index in [2.05, 4.69) is 26.1 Å². The van der Waals surface area contributed by atoms with Crippen LogP contribution in [-0.2, 0) is 0 Å². The van der Waals surface area contributed by atoms with Gasteiger partial charge in [0.1, 0.15) is 0 Å². The van der Waals surface area contributed by atoms with Crippen molar-refractivity contribution in [2.75, 3.05) is 0 Å². The van der Waals surface area contributed by atoms with Gasteiger partial charge in [0.15, 0.2) is 5.05 Å². The minimum absolute atomic E-state index is 0.156. The highest BCUT2D eigenvalue weighted by molar-refractivity contribution is 7.80. The lowest BCUT2D eigenvalue weighted by Crippen LogP contribution is -2.03. The van der Waals surface area contributed by atoms with Crippen molar-refractivity contribution in [3.63, 3.8) is 0 Å². The second-order valence-corrected chi connectivity index (χ2v) is 2.75. The molecule has 0 saturated heterocycles. The molecule has 0 spiro atoms. The Kier molecular flexibility index (Phi) is 4.68. The number of aliphatic hydroxyl groups is 1. The first-order valence-electron chi connectivity index (χ1n) is 3.42. The molecule has 0 atom stereocenters. The maximum atomic E-state index is 8.72. The monoisotopic (exact) mass is 146 g/mol. The molecule has 0 aliphatic carbocycles. The van der Waals surface area contributed by atoms with Gasteiger partial charge in [-0.1, -0.05) is 26.7 Å². The summed E-state index contributed by atoms with van der Waals surface area (Å²) in [6, 6.07) is 0. The smallest absolute Gasteiger partial charge is 0.156 e. The van der Waals surface area contributed by atoms with Crippen LogP contribution in [0.1, 0.15) is 33.1 Å². The van der Waals surface area contributed by atoms with E-state index < -0.39 is 0 Å². The third kappa shape index (κ3) is 4.40. The second-order valence-electron chi connectivity index (χ2n) is 2.28. The summed E-state index contributed by atoms with van der Waals surface area (Å²) in [6.45, 7) is 4.24. The third-order valence-corrected chi connectivity index (χ3v) is 1.78. The Labute approximate surface area is 62.1 Å². The van der Waals surface area contributed by atoms with Crippen molar-refractivity contribution in [1.29, 1.82) is 0 Å². The van der Waals surface area contributed by atoms with Gasteiger partial charge < -0.3 is 5.11 Å². The fourth-order valence-electron chi connectivity index (χ4n) is 0.824. The molecule has 0 unspecified atom stereocenters. The van der Waals surface area contributed by atoms with Crippen LogP contribution in [0.5, 0.6) is 0 Å². The molecule has 0 aromatic carbocycles. The predicted octanol–water partition coefficient (Wildman–Crippen LogP) is 2.70. The lowest BCUT2D eigenvalue weighted by molar-refractivity contribution is 0.462. The molecule has 0 aromatic heterocycles. The van der Waals surface area contributed by atoms with E-state index in [1.807, 2.05) is 0 Å². The van der Waals surface area contributed by atoms with Crippen LogP contribution in [0.4, 0.5) is 0 Å². The molecular weight excluding hydrogens is 132 g/mol. The van der Waals surface area contributed by atoms with Crippen molar-refractivity contribution >= 4 is 17.3 Å². The number of hydrogen-bond donors (Lipinski definition) is 1. The lowest BCUT2D eigenvalue weighted by Gasteiger charge is -2.08. The van der Waals surface area contributed by atoms with E-state index in [1.165, 1.54) is 0 Å². The van der Waals surface area contributed by atoms with Gasteiger partial charge in [0.25, 0.3) is 0 Å².